The molecule has 2 aromatic carbocycles. The largest absolute Gasteiger partial charge is 0.380 e. The van der Waals surface area contributed by atoms with Gasteiger partial charge >= 0.3 is 0 Å². The maximum atomic E-state index is 13.7. The van der Waals surface area contributed by atoms with Gasteiger partial charge in [0, 0.05) is 23.9 Å². The number of rotatable bonds is 6. The molecule has 2 aromatic rings. The molecule has 132 valence electrons. The number of halogens is 1. The molecule has 0 heterocycles. The zero-order chi connectivity index (χ0) is 18.4. The topological polar surface area (TPSA) is 67.4 Å². The molecule has 5 nitrogen and oxygen atoms in total. The quantitative estimate of drug-likeness (QED) is 0.846. The van der Waals surface area contributed by atoms with E-state index in [4.69, 9.17) is 4.74 Å². The number of nitrogens with one attached hydrogen (secondary N) is 2. The average molecular weight is 344 g/mol. The van der Waals surface area contributed by atoms with Gasteiger partial charge in [-0.3, -0.25) is 9.59 Å². The van der Waals surface area contributed by atoms with Crippen molar-refractivity contribution in [2.24, 2.45) is 0 Å². The molecule has 6 heteroatoms. The van der Waals surface area contributed by atoms with E-state index in [0.29, 0.717) is 5.69 Å². The van der Waals surface area contributed by atoms with E-state index in [1.807, 2.05) is 6.07 Å². The summed E-state index contributed by atoms with van der Waals surface area (Å²) in [5.41, 5.74) is 0.0256. The van der Waals surface area contributed by atoms with Crippen molar-refractivity contribution in [2.45, 2.75) is 26.0 Å². The number of anilines is 1. The minimum atomic E-state index is -1.15. The van der Waals surface area contributed by atoms with Crippen LogP contribution >= 0.6 is 0 Å². The van der Waals surface area contributed by atoms with Crippen LogP contribution in [0.25, 0.3) is 0 Å². The van der Waals surface area contributed by atoms with Crippen LogP contribution in [0.1, 0.15) is 29.8 Å². The molecule has 2 amide bonds. The Morgan fingerprint density at radius 3 is 2.44 bits per heavy atom. The molecule has 2 N–H and O–H groups in total. The number of benzene rings is 2. The van der Waals surface area contributed by atoms with E-state index < -0.39 is 17.3 Å². The number of carbonyl (C=O) groups excluding carboxylic acids is 2. The molecular formula is C19H21FN2O3. The standard InChI is InChI=1S/C19H21FN2O3/c1-19(2,18(24)21-15-7-5-4-6-8-15)22-17(23)13-9-10-16(20)14(11-13)12-25-3/h4-11H,12H2,1-3H3,(H,21,24)(H,22,23). The van der Waals surface area contributed by atoms with Crippen LogP contribution < -0.4 is 10.6 Å². The first-order valence-corrected chi connectivity index (χ1v) is 7.80. The number of amides is 2. The number of carbonyl (C=O) groups is 2. The summed E-state index contributed by atoms with van der Waals surface area (Å²) in [5.74, 6) is -1.27. The number of hydrogen-bond acceptors (Lipinski definition) is 3. The minimum Gasteiger partial charge on any atom is -0.380 e. The van der Waals surface area contributed by atoms with Crippen molar-refractivity contribution in [3.05, 3.63) is 65.5 Å². The van der Waals surface area contributed by atoms with Crippen LogP contribution in [0.2, 0.25) is 0 Å². The number of ether oxygens (including phenoxy) is 1. The molecule has 0 bridgehead atoms. The molecule has 0 aliphatic rings. The first kappa shape index (κ1) is 18.6. The molecule has 0 aliphatic carbocycles. The van der Waals surface area contributed by atoms with Crippen LogP contribution in [0.5, 0.6) is 0 Å². The average Bonchev–Trinajstić information content (AvgIpc) is 2.57. The molecule has 2 rings (SSSR count). The fourth-order valence-corrected chi connectivity index (χ4v) is 2.20. The van der Waals surface area contributed by atoms with Crippen molar-refractivity contribution in [2.75, 3.05) is 12.4 Å². The Hall–Kier alpha value is -2.73. The Kier molecular flexibility index (Phi) is 5.88. The first-order valence-electron chi connectivity index (χ1n) is 7.80. The predicted molar refractivity (Wildman–Crippen MR) is 93.7 cm³/mol. The van der Waals surface area contributed by atoms with Gasteiger partial charge in [0.1, 0.15) is 11.4 Å². The van der Waals surface area contributed by atoms with Gasteiger partial charge in [-0.15, -0.1) is 0 Å². The Bertz CT molecular complexity index is 761. The van der Waals surface area contributed by atoms with Gasteiger partial charge in [0.2, 0.25) is 5.91 Å². The molecule has 25 heavy (non-hydrogen) atoms. The lowest BCUT2D eigenvalue weighted by Crippen LogP contribution is -2.52. The van der Waals surface area contributed by atoms with Gasteiger partial charge in [-0.2, -0.15) is 0 Å². The summed E-state index contributed by atoms with van der Waals surface area (Å²) < 4.78 is 18.6. The second-order valence-electron chi connectivity index (χ2n) is 6.14. The summed E-state index contributed by atoms with van der Waals surface area (Å²) in [7, 11) is 1.45. The summed E-state index contributed by atoms with van der Waals surface area (Å²) in [6.45, 7) is 3.26. The van der Waals surface area contributed by atoms with E-state index in [1.165, 1.54) is 25.3 Å². The van der Waals surface area contributed by atoms with Crippen LogP contribution in [-0.2, 0) is 16.1 Å². The van der Waals surface area contributed by atoms with Crippen LogP contribution in [0.4, 0.5) is 10.1 Å². The lowest BCUT2D eigenvalue weighted by molar-refractivity contribution is -0.120. The third-order valence-electron chi connectivity index (χ3n) is 3.63. The van der Waals surface area contributed by atoms with E-state index in [-0.39, 0.29) is 23.6 Å². The Labute approximate surface area is 146 Å². The summed E-state index contributed by atoms with van der Waals surface area (Å²) >= 11 is 0. The highest BCUT2D eigenvalue weighted by Crippen LogP contribution is 2.15. The van der Waals surface area contributed by atoms with Crippen molar-refractivity contribution in [1.82, 2.24) is 5.32 Å². The number of hydrogen-bond donors (Lipinski definition) is 2. The lowest BCUT2D eigenvalue weighted by Gasteiger charge is -2.25. The third-order valence-corrected chi connectivity index (χ3v) is 3.63. The summed E-state index contributed by atoms with van der Waals surface area (Å²) in [4.78, 5) is 24.8. The molecule has 0 spiro atoms. The zero-order valence-electron chi connectivity index (χ0n) is 14.4. The highest BCUT2D eigenvalue weighted by Gasteiger charge is 2.30. The number of methoxy groups -OCH3 is 1. The second-order valence-corrected chi connectivity index (χ2v) is 6.14. The fourth-order valence-electron chi connectivity index (χ4n) is 2.20. The Morgan fingerprint density at radius 1 is 1.12 bits per heavy atom. The van der Waals surface area contributed by atoms with Crippen LogP contribution in [0.15, 0.2) is 48.5 Å². The molecule has 0 saturated carbocycles. The zero-order valence-corrected chi connectivity index (χ0v) is 14.4. The van der Waals surface area contributed by atoms with Gasteiger partial charge in [0.05, 0.1) is 6.61 Å². The maximum absolute atomic E-state index is 13.7. The third kappa shape index (κ3) is 4.87. The Morgan fingerprint density at radius 2 is 1.80 bits per heavy atom. The summed E-state index contributed by atoms with van der Waals surface area (Å²) in [6.07, 6.45) is 0. The van der Waals surface area contributed by atoms with Gasteiger partial charge in [-0.1, -0.05) is 18.2 Å². The van der Waals surface area contributed by atoms with Crippen LogP contribution in [0.3, 0.4) is 0 Å². The van der Waals surface area contributed by atoms with Crippen molar-refractivity contribution >= 4 is 17.5 Å². The molecule has 0 atom stereocenters. The first-order chi connectivity index (χ1) is 11.8. The fraction of sp³-hybridized carbons (Fsp3) is 0.263. The molecule has 0 aliphatic heterocycles. The monoisotopic (exact) mass is 344 g/mol. The summed E-state index contributed by atoms with van der Waals surface area (Å²) in [6, 6.07) is 13.0. The number of para-hydroxylation sites is 1. The highest BCUT2D eigenvalue weighted by atomic mass is 19.1. The smallest absolute Gasteiger partial charge is 0.252 e. The molecular weight excluding hydrogens is 323 g/mol. The Balaban J connectivity index is 2.10. The molecule has 0 aromatic heterocycles. The molecule has 0 unspecified atom stereocenters. The van der Waals surface area contributed by atoms with Crippen molar-refractivity contribution in [3.63, 3.8) is 0 Å². The van der Waals surface area contributed by atoms with Gasteiger partial charge in [0.25, 0.3) is 5.91 Å². The molecule has 0 fully saturated rings. The minimum absolute atomic E-state index is 0.0604. The van der Waals surface area contributed by atoms with E-state index in [2.05, 4.69) is 10.6 Å². The lowest BCUT2D eigenvalue weighted by atomic mass is 10.0. The van der Waals surface area contributed by atoms with Gasteiger partial charge < -0.3 is 15.4 Å². The normalized spacial score (nSPS) is 11.0. The highest BCUT2D eigenvalue weighted by molar-refractivity contribution is 6.03. The maximum Gasteiger partial charge on any atom is 0.252 e. The van der Waals surface area contributed by atoms with Gasteiger partial charge in [-0.25, -0.2) is 4.39 Å². The van der Waals surface area contributed by atoms with E-state index in [0.717, 1.165) is 0 Å². The van der Waals surface area contributed by atoms with E-state index in [9.17, 15) is 14.0 Å². The van der Waals surface area contributed by atoms with Crippen molar-refractivity contribution in [3.8, 4) is 0 Å². The van der Waals surface area contributed by atoms with E-state index >= 15 is 0 Å². The second kappa shape index (κ2) is 7.90. The predicted octanol–water partition coefficient (Wildman–Crippen LogP) is 3.12. The summed E-state index contributed by atoms with van der Waals surface area (Å²) in [5, 5.41) is 5.41. The van der Waals surface area contributed by atoms with Gasteiger partial charge in [0.15, 0.2) is 0 Å². The molecule has 0 saturated heterocycles. The van der Waals surface area contributed by atoms with Crippen molar-refractivity contribution in [1.29, 1.82) is 0 Å². The van der Waals surface area contributed by atoms with E-state index in [1.54, 1.807) is 38.1 Å². The van der Waals surface area contributed by atoms with Crippen LogP contribution in [-0.4, -0.2) is 24.5 Å². The SMILES string of the molecule is COCc1cc(C(=O)NC(C)(C)C(=O)Nc2ccccc2)ccc1F. The van der Waals surface area contributed by atoms with Gasteiger partial charge in [-0.05, 0) is 44.2 Å². The van der Waals surface area contributed by atoms with Crippen molar-refractivity contribution < 1.29 is 18.7 Å². The molecule has 0 radical (unpaired) electrons. The van der Waals surface area contributed by atoms with Crippen LogP contribution in [0, 0.1) is 5.82 Å².